The van der Waals surface area contributed by atoms with Crippen LogP contribution in [0.3, 0.4) is 0 Å². The van der Waals surface area contributed by atoms with Crippen molar-refractivity contribution < 1.29 is 8.42 Å². The van der Waals surface area contributed by atoms with Gasteiger partial charge in [0.2, 0.25) is 0 Å². The molecule has 1 aliphatic heterocycles. The summed E-state index contributed by atoms with van der Waals surface area (Å²) in [5, 5.41) is 6.54. The molecule has 0 aliphatic carbocycles. The average Bonchev–Trinajstić information content (AvgIpc) is 2.89. The number of sulfone groups is 1. The molecule has 1 heterocycles. The zero-order valence-corrected chi connectivity index (χ0v) is 17.3. The maximum absolute atomic E-state index is 11.5. The molecule has 1 fully saturated rings. The molecule has 2 rings (SSSR count). The molecule has 2 N–H and O–H groups in total. The third-order valence-corrected chi connectivity index (χ3v) is 5.79. The molecule has 136 valence electrons. The van der Waals surface area contributed by atoms with Crippen LogP contribution in [0.5, 0.6) is 0 Å². The van der Waals surface area contributed by atoms with E-state index in [1.807, 2.05) is 13.0 Å². The first-order chi connectivity index (χ1) is 11.1. The largest absolute Gasteiger partial charge is 0.357 e. The highest BCUT2D eigenvalue weighted by Crippen LogP contribution is 2.18. The lowest BCUT2D eigenvalue weighted by Crippen LogP contribution is -2.38. The van der Waals surface area contributed by atoms with Gasteiger partial charge in [-0.1, -0.05) is 30.3 Å². The van der Waals surface area contributed by atoms with Crippen LogP contribution in [0.25, 0.3) is 0 Å². The SMILES string of the molecule is CCNC(=NCC1CCS(=O)(=O)C1)NCCCc1ccccc1.I. The van der Waals surface area contributed by atoms with Crippen LogP contribution in [-0.2, 0) is 16.3 Å². The van der Waals surface area contributed by atoms with E-state index in [0.29, 0.717) is 12.3 Å². The molecule has 1 unspecified atom stereocenters. The maximum atomic E-state index is 11.5. The van der Waals surface area contributed by atoms with Gasteiger partial charge < -0.3 is 10.6 Å². The Morgan fingerprint density at radius 2 is 2.00 bits per heavy atom. The van der Waals surface area contributed by atoms with Crippen molar-refractivity contribution in [1.82, 2.24) is 10.6 Å². The molecule has 0 amide bonds. The van der Waals surface area contributed by atoms with Crippen LogP contribution in [0.1, 0.15) is 25.3 Å². The first-order valence-electron chi connectivity index (χ1n) is 8.35. The fourth-order valence-corrected chi connectivity index (χ4v) is 4.57. The van der Waals surface area contributed by atoms with Crippen LogP contribution in [0.2, 0.25) is 0 Å². The van der Waals surface area contributed by atoms with Gasteiger partial charge in [-0.05, 0) is 37.7 Å². The number of benzene rings is 1. The van der Waals surface area contributed by atoms with Crippen LogP contribution < -0.4 is 10.6 Å². The van der Waals surface area contributed by atoms with E-state index < -0.39 is 9.84 Å². The highest BCUT2D eigenvalue weighted by molar-refractivity contribution is 14.0. The van der Waals surface area contributed by atoms with Gasteiger partial charge in [0.1, 0.15) is 0 Å². The Balaban J connectivity index is 0.00000288. The fraction of sp³-hybridized carbons (Fsp3) is 0.588. The minimum absolute atomic E-state index is 0. The number of nitrogens with one attached hydrogen (secondary N) is 2. The second-order valence-corrected chi connectivity index (χ2v) is 8.23. The van der Waals surface area contributed by atoms with Crippen LogP contribution in [-0.4, -0.2) is 45.5 Å². The summed E-state index contributed by atoms with van der Waals surface area (Å²) < 4.78 is 23.0. The number of guanidine groups is 1. The van der Waals surface area contributed by atoms with Gasteiger partial charge in [-0.15, -0.1) is 24.0 Å². The standard InChI is InChI=1S/C17H27N3O2S.HI/c1-2-18-17(20-13-16-10-12-23(21,22)14-16)19-11-6-9-15-7-4-3-5-8-15;/h3-5,7-8,16H,2,6,9-14H2,1H3,(H2,18,19,20);1H. The summed E-state index contributed by atoms with van der Waals surface area (Å²) in [5.41, 5.74) is 1.34. The molecule has 1 atom stereocenters. The Bertz CT molecular complexity index is 606. The number of hydrogen-bond acceptors (Lipinski definition) is 3. The molecule has 1 aliphatic rings. The van der Waals surface area contributed by atoms with Gasteiger partial charge in [0.25, 0.3) is 0 Å². The zero-order chi connectivity index (χ0) is 16.5. The molecule has 7 heteroatoms. The number of rotatable bonds is 7. The van der Waals surface area contributed by atoms with E-state index in [9.17, 15) is 8.42 Å². The number of halogens is 1. The lowest BCUT2D eigenvalue weighted by molar-refractivity contribution is 0.589. The molecule has 0 aromatic heterocycles. The van der Waals surface area contributed by atoms with Crippen molar-refractivity contribution in [3.63, 3.8) is 0 Å². The molecular formula is C17H28IN3O2S. The van der Waals surface area contributed by atoms with Gasteiger partial charge in [0.05, 0.1) is 11.5 Å². The van der Waals surface area contributed by atoms with E-state index in [4.69, 9.17) is 0 Å². The third-order valence-electron chi connectivity index (χ3n) is 3.96. The smallest absolute Gasteiger partial charge is 0.191 e. The van der Waals surface area contributed by atoms with Crippen LogP contribution >= 0.6 is 24.0 Å². The van der Waals surface area contributed by atoms with E-state index in [1.54, 1.807) is 0 Å². The minimum atomic E-state index is -2.82. The minimum Gasteiger partial charge on any atom is -0.357 e. The number of nitrogens with zero attached hydrogens (tertiary/aromatic N) is 1. The van der Waals surface area contributed by atoms with Gasteiger partial charge in [-0.25, -0.2) is 8.42 Å². The number of hydrogen-bond donors (Lipinski definition) is 2. The molecule has 0 spiro atoms. The van der Waals surface area contributed by atoms with Gasteiger partial charge >= 0.3 is 0 Å². The molecule has 5 nitrogen and oxygen atoms in total. The maximum Gasteiger partial charge on any atom is 0.191 e. The van der Waals surface area contributed by atoms with E-state index in [0.717, 1.165) is 38.3 Å². The first kappa shape index (κ1) is 21.2. The van der Waals surface area contributed by atoms with Gasteiger partial charge in [-0.2, -0.15) is 0 Å². The second-order valence-electron chi connectivity index (χ2n) is 6.00. The zero-order valence-electron chi connectivity index (χ0n) is 14.2. The van der Waals surface area contributed by atoms with Crippen molar-refractivity contribution in [1.29, 1.82) is 0 Å². The Labute approximate surface area is 162 Å². The van der Waals surface area contributed by atoms with Crippen LogP contribution in [0.15, 0.2) is 35.3 Å². The van der Waals surface area contributed by atoms with Crippen molar-refractivity contribution >= 4 is 39.8 Å². The topological polar surface area (TPSA) is 70.6 Å². The van der Waals surface area contributed by atoms with Crippen molar-refractivity contribution in [2.45, 2.75) is 26.2 Å². The third kappa shape index (κ3) is 7.83. The lowest BCUT2D eigenvalue weighted by atomic mass is 10.1. The highest BCUT2D eigenvalue weighted by Gasteiger charge is 2.27. The monoisotopic (exact) mass is 465 g/mol. The van der Waals surface area contributed by atoms with E-state index in [1.165, 1.54) is 5.56 Å². The summed E-state index contributed by atoms with van der Waals surface area (Å²) in [7, 11) is -2.82. The fourth-order valence-electron chi connectivity index (χ4n) is 2.72. The molecule has 0 radical (unpaired) electrons. The summed E-state index contributed by atoms with van der Waals surface area (Å²) in [4.78, 5) is 4.54. The first-order valence-corrected chi connectivity index (χ1v) is 10.2. The van der Waals surface area contributed by atoms with Crippen molar-refractivity contribution in [2.75, 3.05) is 31.1 Å². The second kappa shape index (κ2) is 10.9. The predicted octanol–water partition coefficient (Wildman–Crippen LogP) is 2.23. The van der Waals surface area contributed by atoms with Crippen LogP contribution in [0.4, 0.5) is 0 Å². The molecule has 0 bridgehead atoms. The Kier molecular flexibility index (Phi) is 9.65. The molecule has 1 aromatic carbocycles. The molecule has 1 aromatic rings. The quantitative estimate of drug-likeness (QED) is 0.281. The highest BCUT2D eigenvalue weighted by atomic mass is 127. The van der Waals surface area contributed by atoms with Crippen molar-refractivity contribution in [2.24, 2.45) is 10.9 Å². The molecule has 0 saturated carbocycles. The lowest BCUT2D eigenvalue weighted by Gasteiger charge is -2.12. The Morgan fingerprint density at radius 1 is 1.25 bits per heavy atom. The summed E-state index contributed by atoms with van der Waals surface area (Å²) in [6.07, 6.45) is 2.81. The summed E-state index contributed by atoms with van der Waals surface area (Å²) in [6.45, 7) is 4.26. The van der Waals surface area contributed by atoms with E-state index >= 15 is 0 Å². The van der Waals surface area contributed by atoms with Gasteiger partial charge in [0.15, 0.2) is 15.8 Å². The Morgan fingerprint density at radius 3 is 2.62 bits per heavy atom. The van der Waals surface area contributed by atoms with Gasteiger partial charge in [0, 0.05) is 19.6 Å². The average molecular weight is 465 g/mol. The summed E-state index contributed by atoms with van der Waals surface area (Å²) in [5.74, 6) is 1.54. The predicted molar refractivity (Wildman–Crippen MR) is 111 cm³/mol. The van der Waals surface area contributed by atoms with Crippen LogP contribution in [0, 0.1) is 5.92 Å². The molecular weight excluding hydrogens is 437 g/mol. The molecule has 24 heavy (non-hydrogen) atoms. The molecule has 1 saturated heterocycles. The summed E-state index contributed by atoms with van der Waals surface area (Å²) in [6, 6.07) is 10.4. The van der Waals surface area contributed by atoms with Crippen molar-refractivity contribution in [3.05, 3.63) is 35.9 Å². The van der Waals surface area contributed by atoms with Gasteiger partial charge in [-0.3, -0.25) is 4.99 Å². The number of aryl methyl sites for hydroxylation is 1. The van der Waals surface area contributed by atoms with E-state index in [-0.39, 0.29) is 35.6 Å². The summed E-state index contributed by atoms with van der Waals surface area (Å²) >= 11 is 0. The van der Waals surface area contributed by atoms with E-state index in [2.05, 4.69) is 39.9 Å². The van der Waals surface area contributed by atoms with Crippen molar-refractivity contribution in [3.8, 4) is 0 Å². The Hall–Kier alpha value is -0.830. The normalized spacial score (nSPS) is 19.5. The number of aliphatic imine (C=N–C) groups is 1.